The van der Waals surface area contributed by atoms with Crippen molar-refractivity contribution in [2.75, 3.05) is 6.61 Å². The number of carbonyl (C=O) groups is 1. The van der Waals surface area contributed by atoms with Crippen LogP contribution in [0, 0.1) is 6.92 Å². The van der Waals surface area contributed by atoms with Crippen molar-refractivity contribution < 1.29 is 14.1 Å². The molecular weight excluding hydrogens is 182 g/mol. The van der Waals surface area contributed by atoms with Crippen molar-refractivity contribution in [2.24, 2.45) is 0 Å². The molecule has 0 radical (unpaired) electrons. The molecule has 0 saturated carbocycles. The van der Waals surface area contributed by atoms with Crippen LogP contribution in [0.4, 0.5) is 0 Å². The summed E-state index contributed by atoms with van der Waals surface area (Å²) in [6, 6.07) is 0. The zero-order valence-electron chi connectivity index (χ0n) is 8.79. The molecule has 78 valence electrons. The first-order chi connectivity index (χ1) is 6.70. The third-order valence-electron chi connectivity index (χ3n) is 1.97. The van der Waals surface area contributed by atoms with Gasteiger partial charge < -0.3 is 9.26 Å². The topological polar surface area (TPSA) is 52.3 Å². The summed E-state index contributed by atoms with van der Waals surface area (Å²) in [6.07, 6.45) is 1.77. The van der Waals surface area contributed by atoms with Crippen LogP contribution in [-0.4, -0.2) is 17.7 Å². The fourth-order valence-corrected chi connectivity index (χ4v) is 1.22. The molecule has 0 spiro atoms. The molecule has 0 aliphatic rings. The number of aromatic nitrogens is 1. The molecule has 0 bridgehead atoms. The highest BCUT2D eigenvalue weighted by Crippen LogP contribution is 2.15. The molecule has 0 N–H and O–H groups in total. The Balaban J connectivity index is 2.83. The molecule has 0 amide bonds. The van der Waals surface area contributed by atoms with E-state index in [1.54, 1.807) is 6.92 Å². The monoisotopic (exact) mass is 197 g/mol. The van der Waals surface area contributed by atoms with Crippen LogP contribution < -0.4 is 0 Å². The molecule has 0 unspecified atom stereocenters. The van der Waals surface area contributed by atoms with E-state index in [0.717, 1.165) is 24.2 Å². The van der Waals surface area contributed by atoms with E-state index in [1.807, 2.05) is 13.8 Å². The lowest BCUT2D eigenvalue weighted by atomic mass is 10.1. The van der Waals surface area contributed by atoms with Crippen molar-refractivity contribution in [1.29, 1.82) is 0 Å². The maximum absolute atomic E-state index is 11.3. The molecule has 0 aliphatic carbocycles. The van der Waals surface area contributed by atoms with E-state index in [2.05, 4.69) is 5.16 Å². The Bertz CT molecular complexity index is 317. The Morgan fingerprint density at radius 2 is 2.21 bits per heavy atom. The van der Waals surface area contributed by atoms with Gasteiger partial charge >= 0.3 is 5.97 Å². The first-order valence-corrected chi connectivity index (χ1v) is 4.82. The lowest BCUT2D eigenvalue weighted by Gasteiger charge is -1.97. The van der Waals surface area contributed by atoms with Gasteiger partial charge in [-0.15, -0.1) is 0 Å². The first kappa shape index (κ1) is 10.8. The molecule has 1 aromatic rings. The van der Waals surface area contributed by atoms with Gasteiger partial charge in [-0.3, -0.25) is 0 Å². The number of hydrogen-bond donors (Lipinski definition) is 0. The minimum atomic E-state index is -0.406. The van der Waals surface area contributed by atoms with E-state index in [-0.39, 0.29) is 0 Å². The fourth-order valence-electron chi connectivity index (χ4n) is 1.22. The molecule has 14 heavy (non-hydrogen) atoms. The maximum Gasteiger partial charge on any atom is 0.360 e. The van der Waals surface area contributed by atoms with E-state index in [9.17, 15) is 4.79 Å². The van der Waals surface area contributed by atoms with Crippen LogP contribution in [0.1, 0.15) is 42.1 Å². The minimum absolute atomic E-state index is 0.301. The van der Waals surface area contributed by atoms with Gasteiger partial charge in [-0.25, -0.2) is 4.79 Å². The van der Waals surface area contributed by atoms with Gasteiger partial charge in [0.1, 0.15) is 5.76 Å². The molecule has 1 aromatic heterocycles. The van der Waals surface area contributed by atoms with Crippen molar-refractivity contribution >= 4 is 5.97 Å². The fraction of sp³-hybridized carbons (Fsp3) is 0.600. The van der Waals surface area contributed by atoms with Gasteiger partial charge in [0, 0.05) is 12.0 Å². The van der Waals surface area contributed by atoms with Crippen LogP contribution in [0.2, 0.25) is 0 Å². The van der Waals surface area contributed by atoms with Crippen molar-refractivity contribution in [1.82, 2.24) is 5.16 Å². The Kier molecular flexibility index (Phi) is 3.68. The number of hydrogen-bond acceptors (Lipinski definition) is 4. The second kappa shape index (κ2) is 4.79. The first-order valence-electron chi connectivity index (χ1n) is 4.82. The maximum atomic E-state index is 11.3. The van der Waals surface area contributed by atoms with Crippen LogP contribution >= 0.6 is 0 Å². The lowest BCUT2D eigenvalue weighted by Crippen LogP contribution is -2.06. The molecule has 0 aliphatic heterocycles. The summed E-state index contributed by atoms with van der Waals surface area (Å²) in [7, 11) is 0. The van der Waals surface area contributed by atoms with E-state index in [1.165, 1.54) is 0 Å². The molecular formula is C10H15NO3. The van der Waals surface area contributed by atoms with Gasteiger partial charge in [-0.2, -0.15) is 0 Å². The summed E-state index contributed by atoms with van der Waals surface area (Å²) < 4.78 is 9.89. The van der Waals surface area contributed by atoms with Gasteiger partial charge in [-0.05, 0) is 20.3 Å². The van der Waals surface area contributed by atoms with Crippen LogP contribution in [0.3, 0.4) is 0 Å². The number of aryl methyl sites for hydroxylation is 1. The number of carbonyl (C=O) groups excluding carboxylic acids is 1. The quantitative estimate of drug-likeness (QED) is 0.694. The van der Waals surface area contributed by atoms with Crippen LogP contribution in [0.5, 0.6) is 0 Å². The molecule has 0 saturated heterocycles. The van der Waals surface area contributed by atoms with Crippen molar-refractivity contribution in [3.05, 3.63) is 17.0 Å². The van der Waals surface area contributed by atoms with Crippen molar-refractivity contribution in [3.63, 3.8) is 0 Å². The third kappa shape index (κ3) is 2.13. The predicted molar refractivity (Wildman–Crippen MR) is 51.2 cm³/mol. The number of esters is 1. The number of ether oxygens (including phenoxy) is 1. The van der Waals surface area contributed by atoms with Crippen molar-refractivity contribution in [2.45, 2.75) is 33.6 Å². The Hall–Kier alpha value is -1.32. The second-order valence-corrected chi connectivity index (χ2v) is 3.05. The highest BCUT2D eigenvalue weighted by Gasteiger charge is 2.18. The average Bonchev–Trinajstić information content (AvgIpc) is 2.49. The number of rotatable bonds is 4. The summed E-state index contributed by atoms with van der Waals surface area (Å²) in [4.78, 5) is 11.3. The van der Waals surface area contributed by atoms with Crippen LogP contribution in [-0.2, 0) is 11.2 Å². The molecule has 1 heterocycles. The minimum Gasteiger partial charge on any atom is -0.461 e. The molecule has 1 rings (SSSR count). The molecule has 0 fully saturated rings. The predicted octanol–water partition coefficient (Wildman–Crippen LogP) is 2.11. The van der Waals surface area contributed by atoms with Gasteiger partial charge in [0.2, 0.25) is 0 Å². The average molecular weight is 197 g/mol. The third-order valence-corrected chi connectivity index (χ3v) is 1.97. The van der Waals surface area contributed by atoms with Crippen molar-refractivity contribution in [3.8, 4) is 0 Å². The van der Waals surface area contributed by atoms with E-state index in [0.29, 0.717) is 12.3 Å². The van der Waals surface area contributed by atoms with Crippen LogP contribution in [0.15, 0.2) is 4.52 Å². The lowest BCUT2D eigenvalue weighted by molar-refractivity contribution is 0.0514. The number of nitrogens with zero attached hydrogens (tertiary/aromatic N) is 1. The highest BCUT2D eigenvalue weighted by atomic mass is 16.5. The Morgan fingerprint density at radius 3 is 2.79 bits per heavy atom. The molecule has 0 atom stereocenters. The van der Waals surface area contributed by atoms with Gasteiger partial charge in [0.15, 0.2) is 5.69 Å². The standard InChI is InChI=1S/C10H15NO3/c1-4-6-8-7(3)9(11-14-8)10(12)13-5-2/h4-6H2,1-3H3. The summed E-state index contributed by atoms with van der Waals surface area (Å²) in [6.45, 7) is 5.99. The zero-order valence-corrected chi connectivity index (χ0v) is 8.79. The smallest absolute Gasteiger partial charge is 0.360 e. The highest BCUT2D eigenvalue weighted by molar-refractivity contribution is 5.88. The molecule has 4 heteroatoms. The largest absolute Gasteiger partial charge is 0.461 e. The Labute approximate surface area is 83.2 Å². The van der Waals surface area contributed by atoms with E-state index >= 15 is 0 Å². The SMILES string of the molecule is CCCc1onc(C(=O)OCC)c1C. The van der Waals surface area contributed by atoms with Gasteiger partial charge in [0.05, 0.1) is 6.61 Å². The molecule has 0 aromatic carbocycles. The van der Waals surface area contributed by atoms with Gasteiger partial charge in [-0.1, -0.05) is 12.1 Å². The van der Waals surface area contributed by atoms with E-state index < -0.39 is 5.97 Å². The zero-order chi connectivity index (χ0) is 10.6. The summed E-state index contributed by atoms with van der Waals surface area (Å²) in [5.74, 6) is 0.367. The summed E-state index contributed by atoms with van der Waals surface area (Å²) in [5.41, 5.74) is 1.10. The molecule has 4 nitrogen and oxygen atoms in total. The second-order valence-electron chi connectivity index (χ2n) is 3.05. The normalized spacial score (nSPS) is 10.2. The van der Waals surface area contributed by atoms with E-state index in [4.69, 9.17) is 9.26 Å². The van der Waals surface area contributed by atoms with Gasteiger partial charge in [0.25, 0.3) is 0 Å². The summed E-state index contributed by atoms with van der Waals surface area (Å²) >= 11 is 0. The van der Waals surface area contributed by atoms with Crippen LogP contribution in [0.25, 0.3) is 0 Å². The summed E-state index contributed by atoms with van der Waals surface area (Å²) in [5, 5.41) is 3.70. The Morgan fingerprint density at radius 1 is 1.50 bits per heavy atom.